The van der Waals surface area contributed by atoms with Crippen molar-refractivity contribution in [2.24, 2.45) is 0 Å². The van der Waals surface area contributed by atoms with Crippen molar-refractivity contribution in [3.8, 4) is 0 Å². The number of nitrogens with zero attached hydrogens (tertiary/aromatic N) is 2. The van der Waals surface area contributed by atoms with Crippen LogP contribution in [0.25, 0.3) is 0 Å². The topological polar surface area (TPSA) is 99.9 Å². The van der Waals surface area contributed by atoms with Crippen molar-refractivity contribution in [1.29, 1.82) is 0 Å². The van der Waals surface area contributed by atoms with E-state index in [-0.39, 0.29) is 44.3 Å². The van der Waals surface area contributed by atoms with Gasteiger partial charge >= 0.3 is 6.18 Å². The number of carbonyl (C=O) groups excluding carboxylic acids is 2. The van der Waals surface area contributed by atoms with Gasteiger partial charge in [0.1, 0.15) is 6.04 Å². The van der Waals surface area contributed by atoms with Gasteiger partial charge in [-0.25, -0.2) is 8.42 Å². The maximum Gasteiger partial charge on any atom is 0.416 e. The highest BCUT2D eigenvalue weighted by Gasteiger charge is 2.34. The molecule has 2 heterocycles. The molecule has 1 aromatic heterocycles. The van der Waals surface area contributed by atoms with E-state index in [2.05, 4.69) is 4.72 Å². The number of halogens is 3. The number of piperazine rings is 1. The molecule has 1 saturated heterocycles. The van der Waals surface area contributed by atoms with Crippen LogP contribution in [0.3, 0.4) is 0 Å². The standard InChI is InChI=1S/C21H24F3N3O5S2/c1-33-13-7-17(25-34(30,31)16-5-2-4-15(14-16)21(22,23)24)19(28)26-8-10-27(11-9-26)20(29)18-6-3-12-32-18/h2-6,12,14,17,25H,7-11,13H2,1H3/t17-/m1/s1. The Morgan fingerprint density at radius 3 is 2.38 bits per heavy atom. The first-order chi connectivity index (χ1) is 16.0. The van der Waals surface area contributed by atoms with Crippen LogP contribution in [0.15, 0.2) is 52.0 Å². The smallest absolute Gasteiger partial charge is 0.416 e. The van der Waals surface area contributed by atoms with Gasteiger partial charge in [0.2, 0.25) is 15.9 Å². The fourth-order valence-corrected chi connectivity index (χ4v) is 5.21. The van der Waals surface area contributed by atoms with Crippen molar-refractivity contribution in [2.45, 2.75) is 23.5 Å². The average Bonchev–Trinajstić information content (AvgIpc) is 3.35. The summed E-state index contributed by atoms with van der Waals surface area (Å²) in [5.41, 5.74) is -1.10. The number of sulfonamides is 1. The molecule has 34 heavy (non-hydrogen) atoms. The molecule has 0 aliphatic carbocycles. The molecule has 3 rings (SSSR count). The SMILES string of the molecule is CSCC[C@@H](NS(=O)(=O)c1cccc(C(F)(F)F)c1)C(=O)N1CCN(C(=O)c2ccco2)CC1. The Kier molecular flexibility index (Phi) is 8.31. The zero-order valence-electron chi connectivity index (χ0n) is 18.2. The monoisotopic (exact) mass is 519 g/mol. The number of furan rings is 1. The Balaban J connectivity index is 1.70. The summed E-state index contributed by atoms with van der Waals surface area (Å²) >= 11 is 1.41. The number of amides is 2. The number of rotatable bonds is 8. The first-order valence-corrected chi connectivity index (χ1v) is 13.2. The zero-order valence-corrected chi connectivity index (χ0v) is 19.9. The molecule has 8 nitrogen and oxygen atoms in total. The van der Waals surface area contributed by atoms with Crippen LogP contribution in [0.4, 0.5) is 13.2 Å². The molecule has 1 fully saturated rings. The molecule has 0 radical (unpaired) electrons. The van der Waals surface area contributed by atoms with E-state index in [1.807, 2.05) is 0 Å². The first kappa shape index (κ1) is 26.1. The summed E-state index contributed by atoms with van der Waals surface area (Å²) in [4.78, 5) is 28.0. The van der Waals surface area contributed by atoms with E-state index in [9.17, 15) is 31.2 Å². The summed E-state index contributed by atoms with van der Waals surface area (Å²) < 4.78 is 72.1. The van der Waals surface area contributed by atoms with Crippen LogP contribution < -0.4 is 4.72 Å². The molecule has 1 atom stereocenters. The van der Waals surface area contributed by atoms with Gasteiger partial charge in [-0.2, -0.15) is 29.7 Å². The van der Waals surface area contributed by atoms with Crippen molar-refractivity contribution < 1.29 is 35.6 Å². The summed E-state index contributed by atoms with van der Waals surface area (Å²) in [6, 6.07) is 5.36. The fourth-order valence-electron chi connectivity index (χ4n) is 3.47. The summed E-state index contributed by atoms with van der Waals surface area (Å²) in [5.74, 6) is -0.152. The third kappa shape index (κ3) is 6.33. The molecule has 0 spiro atoms. The van der Waals surface area contributed by atoms with Crippen molar-refractivity contribution >= 4 is 33.6 Å². The van der Waals surface area contributed by atoms with Crippen LogP contribution in [0.5, 0.6) is 0 Å². The lowest BCUT2D eigenvalue weighted by Crippen LogP contribution is -2.55. The minimum absolute atomic E-state index is 0.156. The van der Waals surface area contributed by atoms with Crippen molar-refractivity contribution in [2.75, 3.05) is 38.2 Å². The number of thioether (sulfide) groups is 1. The Morgan fingerprint density at radius 1 is 1.12 bits per heavy atom. The summed E-state index contributed by atoms with van der Waals surface area (Å²) in [6.45, 7) is 0.848. The van der Waals surface area contributed by atoms with Gasteiger partial charge < -0.3 is 14.2 Å². The largest absolute Gasteiger partial charge is 0.459 e. The summed E-state index contributed by atoms with van der Waals surface area (Å²) in [6.07, 6.45) is -1.36. The Hall–Kier alpha value is -2.51. The molecule has 0 saturated carbocycles. The van der Waals surface area contributed by atoms with Crippen LogP contribution in [0, 0.1) is 0 Å². The summed E-state index contributed by atoms with van der Waals surface area (Å²) in [5, 5.41) is 0. The van der Waals surface area contributed by atoms with Gasteiger partial charge in [0.15, 0.2) is 5.76 Å². The van der Waals surface area contributed by atoms with Gasteiger partial charge in [-0.05, 0) is 48.8 Å². The van der Waals surface area contributed by atoms with E-state index in [1.54, 1.807) is 18.4 Å². The number of nitrogens with one attached hydrogen (secondary N) is 1. The molecule has 1 aromatic carbocycles. The second-order valence-corrected chi connectivity index (χ2v) is 10.3. The molecule has 1 N–H and O–H groups in total. The van der Waals surface area contributed by atoms with E-state index in [0.29, 0.717) is 11.8 Å². The Bertz CT molecular complexity index is 1100. The third-order valence-corrected chi connectivity index (χ3v) is 7.40. The summed E-state index contributed by atoms with van der Waals surface area (Å²) in [7, 11) is -4.39. The van der Waals surface area contributed by atoms with E-state index >= 15 is 0 Å². The lowest BCUT2D eigenvalue weighted by Gasteiger charge is -2.36. The van der Waals surface area contributed by atoms with Crippen molar-refractivity contribution in [3.05, 3.63) is 54.0 Å². The lowest BCUT2D eigenvalue weighted by molar-refractivity contribution is -0.137. The molecule has 186 valence electrons. The van der Waals surface area contributed by atoms with Crippen LogP contribution in [0.2, 0.25) is 0 Å². The zero-order chi connectivity index (χ0) is 24.9. The predicted octanol–water partition coefficient (Wildman–Crippen LogP) is 2.68. The lowest BCUT2D eigenvalue weighted by atomic mass is 10.2. The van der Waals surface area contributed by atoms with Crippen LogP contribution in [0.1, 0.15) is 22.5 Å². The second kappa shape index (κ2) is 10.8. The maximum atomic E-state index is 13.1. The molecular formula is C21H24F3N3O5S2. The maximum absolute atomic E-state index is 13.1. The molecule has 2 amide bonds. The van der Waals surface area contributed by atoms with Gasteiger partial charge in [0.05, 0.1) is 16.7 Å². The number of hydrogen-bond acceptors (Lipinski definition) is 6. The molecule has 13 heteroatoms. The van der Waals surface area contributed by atoms with E-state index in [1.165, 1.54) is 27.8 Å². The van der Waals surface area contributed by atoms with E-state index in [4.69, 9.17) is 4.42 Å². The minimum atomic E-state index is -4.70. The van der Waals surface area contributed by atoms with Crippen molar-refractivity contribution in [1.82, 2.24) is 14.5 Å². The average molecular weight is 520 g/mol. The molecule has 1 aliphatic heterocycles. The van der Waals surface area contributed by atoms with Crippen LogP contribution >= 0.6 is 11.8 Å². The highest BCUT2D eigenvalue weighted by molar-refractivity contribution is 7.98. The molecule has 0 bridgehead atoms. The van der Waals surface area contributed by atoms with Crippen LogP contribution in [-0.2, 0) is 21.0 Å². The quantitative estimate of drug-likeness (QED) is 0.576. The van der Waals surface area contributed by atoms with Crippen LogP contribution in [-0.4, -0.2) is 74.3 Å². The number of carbonyl (C=O) groups is 2. The highest BCUT2D eigenvalue weighted by Crippen LogP contribution is 2.30. The Morgan fingerprint density at radius 2 is 1.79 bits per heavy atom. The first-order valence-electron chi connectivity index (χ1n) is 10.3. The van der Waals surface area contributed by atoms with Crippen molar-refractivity contribution in [3.63, 3.8) is 0 Å². The van der Waals surface area contributed by atoms with Gasteiger partial charge in [0.25, 0.3) is 5.91 Å². The number of alkyl halides is 3. The fraction of sp³-hybridized carbons (Fsp3) is 0.429. The molecule has 1 aliphatic rings. The van der Waals surface area contributed by atoms with E-state index in [0.717, 1.165) is 18.2 Å². The van der Waals surface area contributed by atoms with Gasteiger partial charge in [0, 0.05) is 26.2 Å². The highest BCUT2D eigenvalue weighted by atomic mass is 32.2. The van der Waals surface area contributed by atoms with Gasteiger partial charge in [-0.15, -0.1) is 0 Å². The number of benzene rings is 1. The predicted molar refractivity (Wildman–Crippen MR) is 120 cm³/mol. The normalized spacial score (nSPS) is 15.9. The molecule has 2 aromatic rings. The van der Waals surface area contributed by atoms with Gasteiger partial charge in [-0.1, -0.05) is 6.07 Å². The third-order valence-electron chi connectivity index (χ3n) is 5.29. The minimum Gasteiger partial charge on any atom is -0.459 e. The van der Waals surface area contributed by atoms with Gasteiger partial charge in [-0.3, -0.25) is 9.59 Å². The Labute approximate surface area is 199 Å². The molecular weight excluding hydrogens is 495 g/mol. The van der Waals surface area contributed by atoms with E-state index < -0.39 is 38.6 Å². The number of hydrogen-bond donors (Lipinski definition) is 1. The second-order valence-electron chi connectivity index (χ2n) is 7.58. The molecule has 0 unspecified atom stereocenters.